The number of nitrogens with one attached hydrogen (secondary N) is 1. The van der Waals surface area contributed by atoms with Crippen LogP contribution < -0.4 is 4.90 Å². The van der Waals surface area contributed by atoms with Crippen LogP contribution in [-0.4, -0.2) is 36.9 Å². The molecule has 2 aliphatic rings. The van der Waals surface area contributed by atoms with Crippen LogP contribution in [0, 0.1) is 16.6 Å². The Morgan fingerprint density at radius 2 is 2.04 bits per heavy atom. The van der Waals surface area contributed by atoms with Gasteiger partial charge in [-0.2, -0.15) is 0 Å². The summed E-state index contributed by atoms with van der Waals surface area (Å²) >= 11 is 0. The molecule has 0 aromatic heterocycles. The number of aliphatic hydroxyl groups is 1. The molecule has 2 bridgehead atoms. The number of ether oxygens (including phenoxy) is 1. The molecule has 4 atom stereocenters. The Morgan fingerprint density at radius 1 is 1.29 bits per heavy atom. The quantitative estimate of drug-likeness (QED) is 0.835. The SMILES string of the molecule is CC1(C)C[C@H]2C[C@](C)(C[NH+]2C[C@H](O)COCc2ccccc2F)C1. The molecule has 0 spiro atoms. The highest BCUT2D eigenvalue weighted by molar-refractivity contribution is 5.16. The molecule has 0 radical (unpaired) electrons. The number of likely N-dealkylation sites (tertiary alicyclic amines) is 1. The third-order valence-electron chi connectivity index (χ3n) is 5.70. The Bertz CT molecular complexity index is 577. The van der Waals surface area contributed by atoms with E-state index in [4.69, 9.17) is 4.74 Å². The molecule has 1 unspecified atom stereocenters. The van der Waals surface area contributed by atoms with Crippen molar-refractivity contribution in [2.75, 3.05) is 19.7 Å². The fraction of sp³-hybridized carbons (Fsp3) is 0.700. The lowest BCUT2D eigenvalue weighted by Gasteiger charge is -2.37. The molecule has 1 saturated heterocycles. The largest absolute Gasteiger partial charge is 0.385 e. The van der Waals surface area contributed by atoms with Gasteiger partial charge in [0.25, 0.3) is 0 Å². The van der Waals surface area contributed by atoms with E-state index in [1.807, 2.05) is 0 Å². The topological polar surface area (TPSA) is 33.9 Å². The van der Waals surface area contributed by atoms with Gasteiger partial charge in [0.05, 0.1) is 25.8 Å². The van der Waals surface area contributed by atoms with Crippen LogP contribution in [0.4, 0.5) is 4.39 Å². The van der Waals surface area contributed by atoms with E-state index in [0.717, 1.165) is 13.1 Å². The van der Waals surface area contributed by atoms with Gasteiger partial charge in [0.1, 0.15) is 18.5 Å². The van der Waals surface area contributed by atoms with Crippen molar-refractivity contribution in [1.82, 2.24) is 0 Å². The Morgan fingerprint density at radius 3 is 2.79 bits per heavy atom. The average molecular weight is 336 g/mol. The van der Waals surface area contributed by atoms with E-state index in [0.29, 0.717) is 22.4 Å². The number of hydrogen-bond acceptors (Lipinski definition) is 2. The number of fused-ring (bicyclic) bond motifs is 2. The predicted octanol–water partition coefficient (Wildman–Crippen LogP) is 2.19. The van der Waals surface area contributed by atoms with Gasteiger partial charge in [-0.25, -0.2) is 4.39 Å². The standard InChI is InChI=1S/C20H30FNO2/c1-19(2)8-16-9-20(3,13-19)14-22(16)10-17(23)12-24-11-15-6-4-5-7-18(15)21/h4-7,16-17,23H,8-14H2,1-3H3/p+1/t16-,17-,20-/m0/s1. The molecule has 1 aromatic carbocycles. The first-order valence-electron chi connectivity index (χ1n) is 9.10. The second kappa shape index (κ2) is 6.74. The first-order chi connectivity index (χ1) is 11.3. The normalized spacial score (nSPS) is 32.7. The molecular formula is C20H31FNO2+. The van der Waals surface area contributed by atoms with Crippen molar-refractivity contribution in [2.45, 2.75) is 58.8 Å². The number of benzene rings is 1. The van der Waals surface area contributed by atoms with E-state index in [1.54, 1.807) is 18.2 Å². The maximum atomic E-state index is 13.6. The van der Waals surface area contributed by atoms with Crippen LogP contribution in [0.2, 0.25) is 0 Å². The Labute approximate surface area is 144 Å². The monoisotopic (exact) mass is 336 g/mol. The van der Waals surface area contributed by atoms with Crippen molar-refractivity contribution >= 4 is 0 Å². The van der Waals surface area contributed by atoms with Crippen molar-refractivity contribution in [3.8, 4) is 0 Å². The molecular weight excluding hydrogens is 305 g/mol. The van der Waals surface area contributed by atoms with Crippen LogP contribution in [0.3, 0.4) is 0 Å². The minimum Gasteiger partial charge on any atom is -0.385 e. The summed E-state index contributed by atoms with van der Waals surface area (Å²) in [5.41, 5.74) is 1.37. The van der Waals surface area contributed by atoms with Gasteiger partial charge in [0.2, 0.25) is 0 Å². The number of aliphatic hydroxyl groups excluding tert-OH is 1. The van der Waals surface area contributed by atoms with Crippen molar-refractivity contribution in [3.63, 3.8) is 0 Å². The zero-order valence-electron chi connectivity index (χ0n) is 15.1. The lowest BCUT2D eigenvalue weighted by atomic mass is 9.65. The van der Waals surface area contributed by atoms with Crippen molar-refractivity contribution in [2.24, 2.45) is 10.8 Å². The maximum absolute atomic E-state index is 13.6. The highest BCUT2D eigenvalue weighted by Crippen LogP contribution is 2.47. The number of halogens is 1. The smallest absolute Gasteiger partial charge is 0.128 e. The van der Waals surface area contributed by atoms with E-state index in [9.17, 15) is 9.50 Å². The summed E-state index contributed by atoms with van der Waals surface area (Å²) in [6.07, 6.45) is 3.30. The minimum absolute atomic E-state index is 0.216. The Balaban J connectivity index is 1.47. The molecule has 24 heavy (non-hydrogen) atoms. The van der Waals surface area contributed by atoms with Crippen molar-refractivity contribution < 1.29 is 19.1 Å². The van der Waals surface area contributed by atoms with Crippen molar-refractivity contribution in [1.29, 1.82) is 0 Å². The summed E-state index contributed by atoms with van der Waals surface area (Å²) in [4.78, 5) is 1.52. The molecule has 1 aromatic rings. The van der Waals surface area contributed by atoms with Gasteiger partial charge in [0, 0.05) is 23.8 Å². The second-order valence-electron chi connectivity index (χ2n) is 9.06. The van der Waals surface area contributed by atoms with Crippen LogP contribution in [0.15, 0.2) is 24.3 Å². The van der Waals surface area contributed by atoms with E-state index in [2.05, 4.69) is 20.8 Å². The van der Waals surface area contributed by atoms with Gasteiger partial charge in [-0.05, 0) is 17.9 Å². The molecule has 0 amide bonds. The number of rotatable bonds is 6. The van der Waals surface area contributed by atoms with Gasteiger partial charge < -0.3 is 14.7 Å². The van der Waals surface area contributed by atoms with Gasteiger partial charge in [-0.1, -0.05) is 39.0 Å². The fourth-order valence-electron chi connectivity index (χ4n) is 5.27. The van der Waals surface area contributed by atoms with Gasteiger partial charge in [-0.15, -0.1) is 0 Å². The van der Waals surface area contributed by atoms with Crippen LogP contribution in [0.1, 0.15) is 45.6 Å². The first kappa shape index (κ1) is 17.8. The Kier molecular flexibility index (Phi) is 5.01. The molecule has 1 saturated carbocycles. The average Bonchev–Trinajstić information content (AvgIpc) is 2.69. The maximum Gasteiger partial charge on any atom is 0.128 e. The van der Waals surface area contributed by atoms with E-state index in [-0.39, 0.29) is 19.0 Å². The Hall–Kier alpha value is -0.970. The van der Waals surface area contributed by atoms with Gasteiger partial charge in [0.15, 0.2) is 0 Å². The predicted molar refractivity (Wildman–Crippen MR) is 92.3 cm³/mol. The van der Waals surface area contributed by atoms with Crippen LogP contribution >= 0.6 is 0 Å². The molecule has 2 fully saturated rings. The number of quaternary nitrogens is 1. The van der Waals surface area contributed by atoms with E-state index in [1.165, 1.54) is 30.2 Å². The fourth-order valence-corrected chi connectivity index (χ4v) is 5.27. The van der Waals surface area contributed by atoms with Crippen LogP contribution in [0.25, 0.3) is 0 Å². The molecule has 1 aliphatic carbocycles. The highest BCUT2D eigenvalue weighted by Gasteiger charge is 2.52. The third-order valence-corrected chi connectivity index (χ3v) is 5.70. The van der Waals surface area contributed by atoms with Gasteiger partial charge >= 0.3 is 0 Å². The molecule has 4 heteroatoms. The molecule has 1 aliphatic heterocycles. The summed E-state index contributed by atoms with van der Waals surface area (Å²) in [6.45, 7) is 9.49. The van der Waals surface area contributed by atoms with E-state index >= 15 is 0 Å². The van der Waals surface area contributed by atoms with Gasteiger partial charge in [-0.3, -0.25) is 0 Å². The molecule has 3 nitrogen and oxygen atoms in total. The minimum atomic E-state index is -0.488. The summed E-state index contributed by atoms with van der Waals surface area (Å²) in [5.74, 6) is -0.249. The van der Waals surface area contributed by atoms with Crippen LogP contribution in [0.5, 0.6) is 0 Å². The highest BCUT2D eigenvalue weighted by atomic mass is 19.1. The second-order valence-corrected chi connectivity index (χ2v) is 9.06. The first-order valence-corrected chi connectivity index (χ1v) is 9.10. The summed E-state index contributed by atoms with van der Waals surface area (Å²) in [5, 5.41) is 10.4. The summed E-state index contributed by atoms with van der Waals surface area (Å²) in [6, 6.07) is 7.28. The lowest BCUT2D eigenvalue weighted by molar-refractivity contribution is -0.917. The zero-order valence-corrected chi connectivity index (χ0v) is 15.1. The number of hydrogen-bond donors (Lipinski definition) is 2. The van der Waals surface area contributed by atoms with E-state index < -0.39 is 6.10 Å². The summed E-state index contributed by atoms with van der Waals surface area (Å²) in [7, 11) is 0. The molecule has 134 valence electrons. The lowest BCUT2D eigenvalue weighted by Crippen LogP contribution is -3.15. The third kappa shape index (κ3) is 4.16. The van der Waals surface area contributed by atoms with Crippen molar-refractivity contribution in [3.05, 3.63) is 35.6 Å². The summed E-state index contributed by atoms with van der Waals surface area (Å²) < 4.78 is 19.1. The zero-order chi connectivity index (χ0) is 17.4. The molecule has 3 rings (SSSR count). The van der Waals surface area contributed by atoms with Crippen LogP contribution in [-0.2, 0) is 11.3 Å². The molecule has 1 heterocycles. The molecule has 2 N–H and O–H groups in total.